The summed E-state index contributed by atoms with van der Waals surface area (Å²) in [7, 11) is 0. The molecule has 0 aliphatic carbocycles. The number of hydrogen-bond donors (Lipinski definition) is 0. The molecule has 16 heavy (non-hydrogen) atoms. The van der Waals surface area contributed by atoms with E-state index in [2.05, 4.69) is 19.1 Å². The van der Waals surface area contributed by atoms with Crippen LogP contribution in [0.4, 0.5) is 0 Å². The minimum absolute atomic E-state index is 0.0184. The van der Waals surface area contributed by atoms with Crippen molar-refractivity contribution in [3.63, 3.8) is 0 Å². The Balaban J connectivity index is 2.37. The molecule has 0 aromatic heterocycles. The zero-order chi connectivity index (χ0) is 11.5. The first kappa shape index (κ1) is 10.9. The van der Waals surface area contributed by atoms with Crippen molar-refractivity contribution < 1.29 is 9.53 Å². The summed E-state index contributed by atoms with van der Waals surface area (Å²) in [6.07, 6.45) is 1.72. The SMILES string of the molecule is CC/C(=C1\OC(=O)C1CC)c1ccccc1. The van der Waals surface area contributed by atoms with Gasteiger partial charge in [0.15, 0.2) is 0 Å². The second-order valence-corrected chi connectivity index (χ2v) is 3.94. The van der Waals surface area contributed by atoms with Crippen LogP contribution in [0.5, 0.6) is 0 Å². The highest BCUT2D eigenvalue weighted by Crippen LogP contribution is 2.37. The first-order chi connectivity index (χ1) is 7.77. The second kappa shape index (κ2) is 4.52. The highest BCUT2D eigenvalue weighted by molar-refractivity contribution is 5.88. The third-order valence-corrected chi connectivity index (χ3v) is 2.99. The van der Waals surface area contributed by atoms with Crippen molar-refractivity contribution in [2.45, 2.75) is 26.7 Å². The van der Waals surface area contributed by atoms with E-state index in [4.69, 9.17) is 4.74 Å². The van der Waals surface area contributed by atoms with Gasteiger partial charge in [-0.25, -0.2) is 0 Å². The minimum Gasteiger partial charge on any atom is -0.429 e. The van der Waals surface area contributed by atoms with Crippen LogP contribution < -0.4 is 0 Å². The van der Waals surface area contributed by atoms with Gasteiger partial charge in [-0.1, -0.05) is 44.2 Å². The largest absolute Gasteiger partial charge is 0.429 e. The lowest BCUT2D eigenvalue weighted by Gasteiger charge is -2.29. The number of carbonyl (C=O) groups excluding carboxylic acids is 1. The van der Waals surface area contributed by atoms with Crippen molar-refractivity contribution >= 4 is 11.5 Å². The third kappa shape index (κ3) is 1.75. The van der Waals surface area contributed by atoms with Crippen molar-refractivity contribution in [1.29, 1.82) is 0 Å². The summed E-state index contributed by atoms with van der Waals surface area (Å²) in [4.78, 5) is 11.3. The van der Waals surface area contributed by atoms with Gasteiger partial charge >= 0.3 is 5.97 Å². The zero-order valence-electron chi connectivity index (χ0n) is 9.69. The molecule has 1 saturated heterocycles. The average molecular weight is 216 g/mol. The first-order valence-electron chi connectivity index (χ1n) is 5.78. The molecule has 1 aromatic rings. The molecule has 0 amide bonds. The Bertz CT molecular complexity index is 418. The van der Waals surface area contributed by atoms with Gasteiger partial charge in [-0.2, -0.15) is 0 Å². The van der Waals surface area contributed by atoms with E-state index in [0.717, 1.165) is 29.7 Å². The summed E-state index contributed by atoms with van der Waals surface area (Å²) in [6.45, 7) is 4.11. The lowest BCUT2D eigenvalue weighted by atomic mass is 9.91. The van der Waals surface area contributed by atoms with E-state index in [0.29, 0.717) is 0 Å². The Morgan fingerprint density at radius 1 is 1.25 bits per heavy atom. The number of rotatable bonds is 3. The number of cyclic esters (lactones) is 1. The van der Waals surface area contributed by atoms with Crippen LogP contribution in [-0.2, 0) is 9.53 Å². The number of carbonyl (C=O) groups is 1. The summed E-state index contributed by atoms with van der Waals surface area (Å²) in [5, 5.41) is 0. The molecule has 0 spiro atoms. The molecule has 0 bridgehead atoms. The Morgan fingerprint density at radius 2 is 1.94 bits per heavy atom. The maximum atomic E-state index is 11.3. The average Bonchev–Trinajstić information content (AvgIpc) is 2.31. The standard InChI is InChI=1S/C14H16O2/c1-3-11(10-8-6-5-7-9-10)13-12(4-2)14(15)16-13/h5-9,12H,3-4H2,1-2H3/b13-11+. The predicted octanol–water partition coefficient (Wildman–Crippen LogP) is 3.39. The normalized spacial score (nSPS) is 22.4. The van der Waals surface area contributed by atoms with Gasteiger partial charge in [0.1, 0.15) is 11.7 Å². The van der Waals surface area contributed by atoms with Crippen molar-refractivity contribution in [3.8, 4) is 0 Å². The molecule has 2 rings (SSSR count). The summed E-state index contributed by atoms with van der Waals surface area (Å²) in [5.74, 6) is 0.774. The van der Waals surface area contributed by atoms with Gasteiger partial charge in [-0.15, -0.1) is 0 Å². The van der Waals surface area contributed by atoms with Crippen LogP contribution in [0.2, 0.25) is 0 Å². The van der Waals surface area contributed by atoms with Gasteiger partial charge in [0.05, 0.1) is 0 Å². The van der Waals surface area contributed by atoms with Crippen LogP contribution in [-0.4, -0.2) is 5.97 Å². The molecule has 1 unspecified atom stereocenters. The molecule has 1 fully saturated rings. The summed E-state index contributed by atoms with van der Waals surface area (Å²) >= 11 is 0. The van der Waals surface area contributed by atoms with Gasteiger partial charge in [-0.05, 0) is 24.0 Å². The molecule has 1 aliphatic heterocycles. The molecule has 1 atom stereocenters. The van der Waals surface area contributed by atoms with Gasteiger partial charge in [0.2, 0.25) is 0 Å². The first-order valence-corrected chi connectivity index (χ1v) is 5.78. The summed E-state index contributed by atoms with van der Waals surface area (Å²) in [5.41, 5.74) is 2.32. The molecule has 1 heterocycles. The predicted molar refractivity (Wildman–Crippen MR) is 63.5 cm³/mol. The Hall–Kier alpha value is -1.57. The van der Waals surface area contributed by atoms with Crippen LogP contribution in [0, 0.1) is 5.92 Å². The van der Waals surface area contributed by atoms with Crippen LogP contribution in [0.3, 0.4) is 0 Å². The Kier molecular flexibility index (Phi) is 3.09. The maximum absolute atomic E-state index is 11.3. The van der Waals surface area contributed by atoms with Crippen molar-refractivity contribution in [2.75, 3.05) is 0 Å². The van der Waals surface area contributed by atoms with E-state index in [-0.39, 0.29) is 11.9 Å². The number of hydrogen-bond acceptors (Lipinski definition) is 2. The van der Waals surface area contributed by atoms with Crippen molar-refractivity contribution in [2.24, 2.45) is 5.92 Å². The molecule has 0 radical (unpaired) electrons. The molecular formula is C14H16O2. The zero-order valence-corrected chi connectivity index (χ0v) is 9.69. The van der Waals surface area contributed by atoms with Gasteiger partial charge in [0.25, 0.3) is 0 Å². The lowest BCUT2D eigenvalue weighted by Crippen LogP contribution is -2.32. The smallest absolute Gasteiger partial charge is 0.321 e. The molecule has 1 aromatic carbocycles. The number of ether oxygens (including phenoxy) is 1. The molecule has 2 nitrogen and oxygen atoms in total. The third-order valence-electron chi connectivity index (χ3n) is 2.99. The fourth-order valence-electron chi connectivity index (χ4n) is 2.08. The van der Waals surface area contributed by atoms with Gasteiger partial charge in [-0.3, -0.25) is 4.79 Å². The van der Waals surface area contributed by atoms with E-state index < -0.39 is 0 Å². The maximum Gasteiger partial charge on any atom is 0.321 e. The number of allylic oxidation sites excluding steroid dienone is 1. The van der Waals surface area contributed by atoms with Crippen molar-refractivity contribution in [3.05, 3.63) is 41.7 Å². The molecule has 0 saturated carbocycles. The highest BCUT2D eigenvalue weighted by atomic mass is 16.6. The fourth-order valence-corrected chi connectivity index (χ4v) is 2.08. The molecule has 2 heteroatoms. The van der Waals surface area contributed by atoms with Crippen LogP contribution in [0.25, 0.3) is 5.57 Å². The van der Waals surface area contributed by atoms with Gasteiger partial charge in [0, 0.05) is 0 Å². The minimum atomic E-state index is -0.0839. The Morgan fingerprint density at radius 3 is 2.44 bits per heavy atom. The van der Waals surface area contributed by atoms with Crippen LogP contribution >= 0.6 is 0 Å². The molecular weight excluding hydrogens is 200 g/mol. The monoisotopic (exact) mass is 216 g/mol. The van der Waals surface area contributed by atoms with E-state index in [1.165, 1.54) is 0 Å². The van der Waals surface area contributed by atoms with Crippen LogP contribution in [0.1, 0.15) is 32.3 Å². The fraction of sp³-hybridized carbons (Fsp3) is 0.357. The molecule has 1 aliphatic rings. The van der Waals surface area contributed by atoms with E-state index >= 15 is 0 Å². The number of esters is 1. The summed E-state index contributed by atoms with van der Waals surface area (Å²) < 4.78 is 5.19. The molecule has 84 valence electrons. The number of benzene rings is 1. The topological polar surface area (TPSA) is 26.3 Å². The quantitative estimate of drug-likeness (QED) is 0.724. The van der Waals surface area contributed by atoms with E-state index in [9.17, 15) is 4.79 Å². The second-order valence-electron chi connectivity index (χ2n) is 3.94. The van der Waals surface area contributed by atoms with Crippen LogP contribution in [0.15, 0.2) is 36.1 Å². The van der Waals surface area contributed by atoms with Crippen molar-refractivity contribution in [1.82, 2.24) is 0 Å². The lowest BCUT2D eigenvalue weighted by molar-refractivity contribution is -0.156. The highest BCUT2D eigenvalue weighted by Gasteiger charge is 2.37. The molecule has 0 N–H and O–H groups in total. The van der Waals surface area contributed by atoms with E-state index in [1.54, 1.807) is 0 Å². The van der Waals surface area contributed by atoms with Gasteiger partial charge < -0.3 is 4.74 Å². The van der Waals surface area contributed by atoms with E-state index in [1.807, 2.05) is 25.1 Å². The Labute approximate surface area is 95.9 Å². The summed E-state index contributed by atoms with van der Waals surface area (Å²) in [6, 6.07) is 10.1.